The molecule has 0 amide bonds. The molecule has 0 aromatic carbocycles. The maximum absolute atomic E-state index is 2.36. The van der Waals surface area contributed by atoms with Crippen molar-refractivity contribution in [1.29, 1.82) is 0 Å². The second kappa shape index (κ2) is 18.2. The molecule has 0 bridgehead atoms. The van der Waals surface area contributed by atoms with E-state index in [4.69, 9.17) is 0 Å². The molecule has 0 rings (SSSR count). The minimum atomic E-state index is -1.13. The van der Waals surface area contributed by atoms with Gasteiger partial charge in [0.25, 0.3) is 0 Å². The summed E-state index contributed by atoms with van der Waals surface area (Å²) >= 11 is 0. The van der Waals surface area contributed by atoms with Crippen LogP contribution in [0.3, 0.4) is 0 Å². The Morgan fingerprint density at radius 1 is 0.440 bits per heavy atom. The van der Waals surface area contributed by atoms with Gasteiger partial charge in [0.1, 0.15) is 0 Å². The van der Waals surface area contributed by atoms with Crippen molar-refractivity contribution in [3.05, 3.63) is 48.6 Å². The van der Waals surface area contributed by atoms with Crippen molar-refractivity contribution in [2.45, 2.75) is 79.1 Å². The average molecular weight is 365 g/mol. The molecular weight excluding hydrogens is 319 g/mol. The summed E-state index contributed by atoms with van der Waals surface area (Å²) in [5.41, 5.74) is 0. The molecule has 1 heteroatoms. The Kier molecular flexibility index (Phi) is 17.7. The van der Waals surface area contributed by atoms with Gasteiger partial charge in [-0.3, -0.25) is 0 Å². The fourth-order valence-electron chi connectivity index (χ4n) is 3.80. The fraction of sp³-hybridized carbons (Fsp3) is 0.667. The summed E-state index contributed by atoms with van der Waals surface area (Å²) in [4.78, 5) is 0. The van der Waals surface area contributed by atoms with Crippen LogP contribution in [0.4, 0.5) is 0 Å². The zero-order valence-electron chi connectivity index (χ0n) is 17.6. The third-order valence-electron chi connectivity index (χ3n) is 5.25. The third kappa shape index (κ3) is 14.3. The molecule has 0 heterocycles. The molecule has 0 saturated carbocycles. The summed E-state index contributed by atoms with van der Waals surface area (Å²) in [5, 5.41) is 0. The van der Waals surface area contributed by atoms with E-state index < -0.39 is 7.26 Å². The molecule has 0 aromatic heterocycles. The van der Waals surface area contributed by atoms with E-state index in [1.54, 1.807) is 24.6 Å². The van der Waals surface area contributed by atoms with Gasteiger partial charge in [-0.15, -0.1) is 0 Å². The Hall–Kier alpha value is -0.610. The Labute approximate surface area is 159 Å². The molecular formula is C24H45P. The summed E-state index contributed by atoms with van der Waals surface area (Å²) in [6.07, 6.45) is 35.2. The van der Waals surface area contributed by atoms with Crippen LogP contribution in [0.2, 0.25) is 0 Å². The molecule has 0 unspecified atom stereocenters. The van der Waals surface area contributed by atoms with E-state index in [0.29, 0.717) is 0 Å². The van der Waals surface area contributed by atoms with Crippen molar-refractivity contribution in [1.82, 2.24) is 0 Å². The Bertz CT molecular complexity index is 309. The van der Waals surface area contributed by atoms with Crippen molar-refractivity contribution in [2.24, 2.45) is 0 Å². The molecule has 0 aliphatic rings. The van der Waals surface area contributed by atoms with Crippen LogP contribution in [0, 0.1) is 0 Å². The van der Waals surface area contributed by atoms with Crippen molar-refractivity contribution >= 4 is 7.26 Å². The van der Waals surface area contributed by atoms with Crippen molar-refractivity contribution < 1.29 is 0 Å². The van der Waals surface area contributed by atoms with Gasteiger partial charge >= 0.3 is 160 Å². The molecule has 0 fully saturated rings. The summed E-state index contributed by atoms with van der Waals surface area (Å²) in [6, 6.07) is 0. The van der Waals surface area contributed by atoms with Gasteiger partial charge in [0.2, 0.25) is 0 Å². The predicted molar refractivity (Wildman–Crippen MR) is 124 cm³/mol. The molecule has 0 nitrogen and oxygen atoms in total. The average Bonchev–Trinajstić information content (AvgIpc) is 2.63. The van der Waals surface area contributed by atoms with Crippen LogP contribution >= 0.6 is 7.26 Å². The summed E-state index contributed by atoms with van der Waals surface area (Å²) in [6.45, 7) is 8.59. The Morgan fingerprint density at radius 2 is 0.680 bits per heavy atom. The van der Waals surface area contributed by atoms with Crippen LogP contribution < -0.4 is 0 Å². The van der Waals surface area contributed by atoms with Gasteiger partial charge in [0.05, 0.1) is 0 Å². The van der Waals surface area contributed by atoms with Crippen LogP contribution in [0.5, 0.6) is 0 Å². The van der Waals surface area contributed by atoms with Crippen LogP contribution in [0.25, 0.3) is 0 Å². The van der Waals surface area contributed by atoms with E-state index in [0.717, 1.165) is 0 Å². The van der Waals surface area contributed by atoms with Gasteiger partial charge in [-0.1, -0.05) is 0 Å². The first-order chi connectivity index (χ1) is 12.2. The standard InChI is InChI=1S/C24H45P/c1-5-9-13-17-21-25(22-18-14-10-6-2,23-19-15-11-7-3)24-20-16-12-8-4/h5-12,25H,13-24H2,1-4H3. The Morgan fingerprint density at radius 3 is 0.880 bits per heavy atom. The predicted octanol–water partition coefficient (Wildman–Crippen LogP) is 8.16. The zero-order valence-corrected chi connectivity index (χ0v) is 18.6. The van der Waals surface area contributed by atoms with Crippen molar-refractivity contribution in [3.63, 3.8) is 0 Å². The van der Waals surface area contributed by atoms with Crippen molar-refractivity contribution in [3.8, 4) is 0 Å². The number of allylic oxidation sites excluding steroid dienone is 8. The molecule has 0 saturated heterocycles. The van der Waals surface area contributed by atoms with E-state index in [2.05, 4.69) is 76.3 Å². The summed E-state index contributed by atoms with van der Waals surface area (Å²) < 4.78 is 0. The molecule has 0 atom stereocenters. The van der Waals surface area contributed by atoms with E-state index in [1.807, 2.05) is 0 Å². The van der Waals surface area contributed by atoms with E-state index in [-0.39, 0.29) is 0 Å². The number of rotatable bonds is 16. The van der Waals surface area contributed by atoms with Gasteiger partial charge in [0, 0.05) is 0 Å². The molecule has 0 spiro atoms. The monoisotopic (exact) mass is 364 g/mol. The van der Waals surface area contributed by atoms with Gasteiger partial charge in [-0.05, 0) is 0 Å². The van der Waals surface area contributed by atoms with E-state index in [9.17, 15) is 0 Å². The van der Waals surface area contributed by atoms with Crippen LogP contribution in [0.15, 0.2) is 48.6 Å². The molecule has 0 N–H and O–H groups in total. The first kappa shape index (κ1) is 24.4. The quantitative estimate of drug-likeness (QED) is 0.147. The number of hydrogen-bond donors (Lipinski definition) is 0. The first-order valence-electron chi connectivity index (χ1n) is 10.7. The van der Waals surface area contributed by atoms with Gasteiger partial charge < -0.3 is 0 Å². The topological polar surface area (TPSA) is 0 Å². The fourth-order valence-corrected chi connectivity index (χ4v) is 9.11. The summed E-state index contributed by atoms with van der Waals surface area (Å²) in [5.74, 6) is 0. The normalized spacial score (nSPS) is 13.9. The molecule has 0 aliphatic carbocycles. The molecule has 0 aliphatic heterocycles. The number of hydrogen-bond acceptors (Lipinski definition) is 0. The van der Waals surface area contributed by atoms with Crippen molar-refractivity contribution in [2.75, 3.05) is 24.6 Å². The second-order valence-electron chi connectivity index (χ2n) is 7.35. The van der Waals surface area contributed by atoms with Gasteiger partial charge in [0.15, 0.2) is 0 Å². The van der Waals surface area contributed by atoms with E-state index in [1.165, 1.54) is 51.4 Å². The second-order valence-corrected chi connectivity index (χ2v) is 12.3. The molecule has 146 valence electrons. The van der Waals surface area contributed by atoms with Crippen LogP contribution in [-0.4, -0.2) is 24.6 Å². The zero-order chi connectivity index (χ0) is 18.6. The van der Waals surface area contributed by atoms with Crippen LogP contribution in [0.1, 0.15) is 79.1 Å². The van der Waals surface area contributed by atoms with Gasteiger partial charge in [-0.2, -0.15) is 0 Å². The molecule has 0 radical (unpaired) electrons. The third-order valence-corrected chi connectivity index (χ3v) is 10.9. The first-order valence-corrected chi connectivity index (χ1v) is 13.5. The van der Waals surface area contributed by atoms with Gasteiger partial charge in [-0.25, -0.2) is 0 Å². The maximum atomic E-state index is 2.36. The molecule has 0 aromatic rings. The van der Waals surface area contributed by atoms with Crippen LogP contribution in [-0.2, 0) is 0 Å². The Balaban J connectivity index is 4.84. The SMILES string of the molecule is CC=CCCC[PH](CCCC=CC)(CCCC=CC)CCCC=CC. The number of unbranched alkanes of at least 4 members (excludes halogenated alkanes) is 4. The summed E-state index contributed by atoms with van der Waals surface area (Å²) in [7, 11) is -1.13. The molecule has 25 heavy (non-hydrogen) atoms. The van der Waals surface area contributed by atoms with E-state index >= 15 is 0 Å². The minimum absolute atomic E-state index is 1.13.